The van der Waals surface area contributed by atoms with E-state index in [-0.39, 0.29) is 12.5 Å². The zero-order chi connectivity index (χ0) is 25.8. The van der Waals surface area contributed by atoms with Crippen LogP contribution in [0.2, 0.25) is 0 Å². The van der Waals surface area contributed by atoms with Crippen molar-refractivity contribution >= 4 is 35.1 Å². The summed E-state index contributed by atoms with van der Waals surface area (Å²) in [4.78, 5) is 28.0. The van der Waals surface area contributed by atoms with E-state index in [0.717, 1.165) is 45.3 Å². The largest absolute Gasteiger partial charge is 0.497 e. The molecule has 0 aliphatic rings. The summed E-state index contributed by atoms with van der Waals surface area (Å²) in [5.74, 6) is -0.0951. The van der Waals surface area contributed by atoms with Crippen molar-refractivity contribution in [2.45, 2.75) is 55.2 Å². The lowest BCUT2D eigenvalue weighted by Gasteiger charge is -2.24. The molecule has 0 unspecified atom stereocenters. The number of carboxylic acids is 1. The number of hydrogen-bond acceptors (Lipinski definition) is 4. The van der Waals surface area contributed by atoms with E-state index in [1.54, 1.807) is 23.8 Å². The van der Waals surface area contributed by atoms with E-state index < -0.39 is 5.97 Å². The van der Waals surface area contributed by atoms with E-state index in [9.17, 15) is 9.59 Å². The van der Waals surface area contributed by atoms with E-state index in [4.69, 9.17) is 9.84 Å². The predicted octanol–water partition coefficient (Wildman–Crippen LogP) is 7.48. The maximum Gasteiger partial charge on any atom is 0.326 e. The van der Waals surface area contributed by atoms with E-state index in [0.29, 0.717) is 6.54 Å². The molecular formula is C29H34N2O4S. The number of methoxy groups -OCH3 is 1. The van der Waals surface area contributed by atoms with E-state index in [1.807, 2.05) is 72.8 Å². The maximum atomic E-state index is 13.2. The summed E-state index contributed by atoms with van der Waals surface area (Å²) in [6.45, 7) is 2.84. The Bertz CT molecular complexity index is 1100. The Morgan fingerprint density at radius 3 is 2.06 bits per heavy atom. The second kappa shape index (κ2) is 14.2. The van der Waals surface area contributed by atoms with Crippen molar-refractivity contribution in [1.82, 2.24) is 0 Å². The molecule has 3 rings (SSSR count). The minimum Gasteiger partial charge on any atom is -0.497 e. The number of anilines is 2. The van der Waals surface area contributed by atoms with Gasteiger partial charge in [-0.1, -0.05) is 56.5 Å². The number of nitrogens with zero attached hydrogens (tertiary/aromatic N) is 1. The summed E-state index contributed by atoms with van der Waals surface area (Å²) in [7, 11) is 1.62. The van der Waals surface area contributed by atoms with Crippen molar-refractivity contribution in [1.29, 1.82) is 0 Å². The maximum absolute atomic E-state index is 13.2. The summed E-state index contributed by atoms with van der Waals surface area (Å²) in [6, 6.07) is 22.7. The molecule has 0 spiro atoms. The van der Waals surface area contributed by atoms with Crippen molar-refractivity contribution in [2.75, 3.05) is 23.9 Å². The van der Waals surface area contributed by atoms with Crippen molar-refractivity contribution in [3.63, 3.8) is 0 Å². The molecule has 0 bridgehead atoms. The second-order valence-electron chi connectivity index (χ2n) is 8.53. The third kappa shape index (κ3) is 8.64. The summed E-state index contributed by atoms with van der Waals surface area (Å²) in [5, 5.41) is 11.9. The smallest absolute Gasteiger partial charge is 0.326 e. The lowest BCUT2D eigenvalue weighted by molar-refractivity contribution is -0.136. The van der Waals surface area contributed by atoms with Crippen LogP contribution in [-0.4, -0.2) is 30.8 Å². The predicted molar refractivity (Wildman–Crippen MR) is 146 cm³/mol. The number of carbonyl (C=O) groups excluding carboxylic acids is 1. The SMILES string of the molecule is CCCCCCCN(C(=O)Nc1ccc(OC)cc1)c1ccc(Sc2ccc(CC(=O)O)cc2)cc1. The van der Waals surface area contributed by atoms with Crippen LogP contribution in [0, 0.1) is 0 Å². The Hall–Kier alpha value is -3.45. The number of carbonyl (C=O) groups is 2. The molecule has 6 nitrogen and oxygen atoms in total. The minimum absolute atomic E-state index is 0.0203. The zero-order valence-electron chi connectivity index (χ0n) is 20.9. The Kier molecular flexibility index (Phi) is 10.7. The fourth-order valence-electron chi connectivity index (χ4n) is 3.77. The molecule has 0 atom stereocenters. The minimum atomic E-state index is -0.836. The van der Waals surface area contributed by atoms with Gasteiger partial charge in [0, 0.05) is 27.7 Å². The van der Waals surface area contributed by atoms with Gasteiger partial charge in [0.2, 0.25) is 0 Å². The number of unbranched alkanes of at least 4 members (excludes halogenated alkanes) is 4. The number of nitrogens with one attached hydrogen (secondary N) is 1. The zero-order valence-corrected chi connectivity index (χ0v) is 21.7. The molecule has 0 heterocycles. The second-order valence-corrected chi connectivity index (χ2v) is 9.68. The number of ether oxygens (including phenoxy) is 1. The lowest BCUT2D eigenvalue weighted by atomic mass is 10.1. The molecule has 0 fully saturated rings. The molecule has 190 valence electrons. The highest BCUT2D eigenvalue weighted by Crippen LogP contribution is 2.30. The topological polar surface area (TPSA) is 78.9 Å². The molecule has 0 aliphatic carbocycles. The molecule has 3 aromatic carbocycles. The quantitative estimate of drug-likeness (QED) is 0.235. The van der Waals surface area contributed by atoms with Crippen molar-refractivity contribution < 1.29 is 19.4 Å². The van der Waals surface area contributed by atoms with Crippen molar-refractivity contribution in [3.8, 4) is 5.75 Å². The van der Waals surface area contributed by atoms with Gasteiger partial charge in [0.1, 0.15) is 5.75 Å². The Morgan fingerprint density at radius 2 is 1.47 bits per heavy atom. The highest BCUT2D eigenvalue weighted by Gasteiger charge is 2.16. The van der Waals surface area contributed by atoms with Crippen LogP contribution in [0.4, 0.5) is 16.2 Å². The van der Waals surface area contributed by atoms with Gasteiger partial charge < -0.3 is 15.2 Å². The van der Waals surface area contributed by atoms with Gasteiger partial charge in [-0.05, 0) is 72.6 Å². The first-order valence-corrected chi connectivity index (χ1v) is 13.1. The lowest BCUT2D eigenvalue weighted by Crippen LogP contribution is -2.35. The fourth-order valence-corrected chi connectivity index (χ4v) is 4.58. The molecule has 0 radical (unpaired) electrons. The normalized spacial score (nSPS) is 10.6. The summed E-state index contributed by atoms with van der Waals surface area (Å²) >= 11 is 1.60. The Balaban J connectivity index is 1.68. The standard InChI is InChI=1S/C29H34N2O4S/c1-3-4-5-6-7-20-31(29(34)30-23-10-14-25(35-2)15-11-23)24-12-18-27(19-13-24)36-26-16-8-22(9-17-26)21-28(32)33/h8-19H,3-7,20-21H2,1-2H3,(H,30,34)(H,32,33). The average molecular weight is 507 g/mol. The molecule has 0 aromatic heterocycles. The van der Waals surface area contributed by atoms with E-state index in [2.05, 4.69) is 12.2 Å². The molecule has 0 saturated carbocycles. The number of amides is 2. The third-order valence-corrected chi connectivity index (χ3v) is 6.75. The van der Waals surface area contributed by atoms with Gasteiger partial charge in [-0.25, -0.2) is 4.79 Å². The molecule has 2 amide bonds. The first-order valence-electron chi connectivity index (χ1n) is 12.3. The van der Waals surface area contributed by atoms with Crippen molar-refractivity contribution in [3.05, 3.63) is 78.4 Å². The first-order chi connectivity index (χ1) is 17.5. The number of carboxylic acid groups (broad SMARTS) is 1. The van der Waals surface area contributed by atoms with E-state index >= 15 is 0 Å². The van der Waals surface area contributed by atoms with Crippen LogP contribution in [0.15, 0.2) is 82.6 Å². The summed E-state index contributed by atoms with van der Waals surface area (Å²) < 4.78 is 5.20. The molecule has 0 aliphatic heterocycles. The molecule has 7 heteroatoms. The van der Waals surface area contributed by atoms with E-state index in [1.165, 1.54) is 19.3 Å². The number of urea groups is 1. The van der Waals surface area contributed by atoms with Gasteiger partial charge in [-0.15, -0.1) is 0 Å². The number of rotatable bonds is 13. The van der Waals surface area contributed by atoms with Crippen LogP contribution in [0.3, 0.4) is 0 Å². The Labute approximate surface area is 217 Å². The highest BCUT2D eigenvalue weighted by atomic mass is 32.2. The number of aliphatic carboxylic acids is 1. The van der Waals surface area contributed by atoms with Gasteiger partial charge in [0.15, 0.2) is 0 Å². The van der Waals surface area contributed by atoms with Gasteiger partial charge >= 0.3 is 12.0 Å². The number of benzene rings is 3. The van der Waals surface area contributed by atoms with Crippen molar-refractivity contribution in [2.24, 2.45) is 0 Å². The van der Waals surface area contributed by atoms with Crippen LogP contribution in [0.25, 0.3) is 0 Å². The van der Waals surface area contributed by atoms with Gasteiger partial charge in [-0.2, -0.15) is 0 Å². The first kappa shape index (κ1) is 27.1. The van der Waals surface area contributed by atoms with Gasteiger partial charge in [0.05, 0.1) is 13.5 Å². The highest BCUT2D eigenvalue weighted by molar-refractivity contribution is 7.99. The molecule has 3 aromatic rings. The summed E-state index contributed by atoms with van der Waals surface area (Å²) in [5.41, 5.74) is 2.34. The summed E-state index contributed by atoms with van der Waals surface area (Å²) in [6.07, 6.45) is 5.61. The van der Waals surface area contributed by atoms with Gasteiger partial charge in [-0.3, -0.25) is 9.69 Å². The van der Waals surface area contributed by atoms with Crippen LogP contribution in [-0.2, 0) is 11.2 Å². The molecular weight excluding hydrogens is 472 g/mol. The molecule has 2 N–H and O–H groups in total. The van der Waals surface area contributed by atoms with Crippen LogP contribution >= 0.6 is 11.8 Å². The number of hydrogen-bond donors (Lipinski definition) is 2. The molecule has 36 heavy (non-hydrogen) atoms. The van der Waals surface area contributed by atoms with Gasteiger partial charge in [0.25, 0.3) is 0 Å². The van der Waals surface area contributed by atoms with Crippen LogP contribution in [0.5, 0.6) is 5.75 Å². The Morgan fingerprint density at radius 1 is 0.861 bits per heavy atom. The van der Waals surface area contributed by atoms with Crippen LogP contribution in [0.1, 0.15) is 44.6 Å². The fraction of sp³-hybridized carbons (Fsp3) is 0.310. The monoisotopic (exact) mass is 506 g/mol. The average Bonchev–Trinajstić information content (AvgIpc) is 2.88. The molecule has 0 saturated heterocycles. The van der Waals surface area contributed by atoms with Crippen LogP contribution < -0.4 is 15.0 Å². The third-order valence-electron chi connectivity index (χ3n) is 5.73.